The molecule has 0 saturated heterocycles. The molecule has 0 aliphatic carbocycles. The van der Waals surface area contributed by atoms with Crippen molar-refractivity contribution in [2.45, 2.75) is 0 Å². The largest absolute Gasteiger partial charge is 0.341 e. The lowest BCUT2D eigenvalue weighted by molar-refractivity contribution is 1.12. The van der Waals surface area contributed by atoms with E-state index in [2.05, 4.69) is 15.3 Å². The molecule has 0 radical (unpaired) electrons. The van der Waals surface area contributed by atoms with Crippen LogP contribution in [0.4, 0.5) is 5.95 Å². The highest BCUT2D eigenvalue weighted by Gasteiger charge is 1.87. The molecule has 1 heterocycles. The van der Waals surface area contributed by atoms with Gasteiger partial charge in [0, 0.05) is 12.4 Å². The Labute approximate surface area is 58.5 Å². The van der Waals surface area contributed by atoms with E-state index in [1.165, 1.54) is 0 Å². The number of hydrogen-bond acceptors (Lipinski definition) is 4. The van der Waals surface area contributed by atoms with Crippen molar-refractivity contribution in [3.8, 4) is 6.07 Å². The maximum absolute atomic E-state index is 8.16. The quantitative estimate of drug-likeness (QED) is 0.595. The molecule has 1 N–H and O–H groups in total. The minimum Gasteiger partial charge on any atom is -0.341 e. The van der Waals surface area contributed by atoms with Gasteiger partial charge in [0.1, 0.15) is 6.54 Å². The molecule has 0 fully saturated rings. The van der Waals surface area contributed by atoms with E-state index in [1.54, 1.807) is 18.5 Å². The molecule has 1 rings (SSSR count). The molecule has 10 heavy (non-hydrogen) atoms. The van der Waals surface area contributed by atoms with Gasteiger partial charge in [0.15, 0.2) is 0 Å². The average molecular weight is 134 g/mol. The van der Waals surface area contributed by atoms with Crippen molar-refractivity contribution in [3.63, 3.8) is 0 Å². The van der Waals surface area contributed by atoms with Crippen molar-refractivity contribution in [2.24, 2.45) is 0 Å². The number of aromatic nitrogens is 2. The molecular weight excluding hydrogens is 128 g/mol. The SMILES string of the molecule is N#CCNc1ncccn1. The monoisotopic (exact) mass is 134 g/mol. The summed E-state index contributed by atoms with van der Waals surface area (Å²) in [7, 11) is 0. The second-order valence-corrected chi connectivity index (χ2v) is 1.58. The van der Waals surface area contributed by atoms with Crippen LogP contribution in [-0.4, -0.2) is 16.5 Å². The molecule has 0 bridgehead atoms. The first-order valence-corrected chi connectivity index (χ1v) is 2.81. The smallest absolute Gasteiger partial charge is 0.223 e. The van der Waals surface area contributed by atoms with Crippen LogP contribution in [-0.2, 0) is 0 Å². The van der Waals surface area contributed by atoms with Crippen LogP contribution < -0.4 is 5.32 Å². The van der Waals surface area contributed by atoms with E-state index in [1.807, 2.05) is 6.07 Å². The van der Waals surface area contributed by atoms with Gasteiger partial charge in [-0.25, -0.2) is 9.97 Å². The van der Waals surface area contributed by atoms with Gasteiger partial charge in [0.2, 0.25) is 5.95 Å². The Balaban J connectivity index is 2.52. The van der Waals surface area contributed by atoms with E-state index in [9.17, 15) is 0 Å². The molecule has 0 atom stereocenters. The van der Waals surface area contributed by atoms with E-state index in [-0.39, 0.29) is 6.54 Å². The van der Waals surface area contributed by atoms with E-state index < -0.39 is 0 Å². The molecular formula is C6H6N4. The van der Waals surface area contributed by atoms with Crippen LogP contribution in [0.3, 0.4) is 0 Å². The third-order valence-electron chi connectivity index (χ3n) is 0.891. The third kappa shape index (κ3) is 1.71. The lowest BCUT2D eigenvalue weighted by atomic mass is 10.6. The molecule has 50 valence electrons. The van der Waals surface area contributed by atoms with Gasteiger partial charge in [-0.3, -0.25) is 0 Å². The summed E-state index contributed by atoms with van der Waals surface area (Å²) in [5.41, 5.74) is 0. The number of nitrogens with one attached hydrogen (secondary N) is 1. The maximum atomic E-state index is 8.16. The lowest BCUT2D eigenvalue weighted by Gasteiger charge is -1.94. The Bertz CT molecular complexity index is 225. The van der Waals surface area contributed by atoms with E-state index in [0.717, 1.165) is 0 Å². The average Bonchev–Trinajstić information content (AvgIpc) is 2.03. The number of anilines is 1. The van der Waals surface area contributed by atoms with Gasteiger partial charge in [-0.15, -0.1) is 0 Å². The number of hydrogen-bond donors (Lipinski definition) is 1. The molecule has 0 spiro atoms. The second-order valence-electron chi connectivity index (χ2n) is 1.58. The highest BCUT2D eigenvalue weighted by atomic mass is 15.1. The Hall–Kier alpha value is -1.63. The molecule has 4 nitrogen and oxygen atoms in total. The van der Waals surface area contributed by atoms with Gasteiger partial charge >= 0.3 is 0 Å². The van der Waals surface area contributed by atoms with Crippen LogP contribution in [0.5, 0.6) is 0 Å². The third-order valence-corrected chi connectivity index (χ3v) is 0.891. The summed E-state index contributed by atoms with van der Waals surface area (Å²) in [5.74, 6) is 0.490. The van der Waals surface area contributed by atoms with Gasteiger partial charge in [-0.05, 0) is 6.07 Å². The summed E-state index contributed by atoms with van der Waals surface area (Å²) in [6, 6.07) is 3.64. The molecule has 4 heteroatoms. The fourth-order valence-corrected chi connectivity index (χ4v) is 0.509. The summed E-state index contributed by atoms with van der Waals surface area (Å²) in [6.07, 6.45) is 3.24. The molecule has 0 aliphatic rings. The van der Waals surface area contributed by atoms with Crippen LogP contribution in [0.1, 0.15) is 0 Å². The van der Waals surface area contributed by atoms with Crippen molar-refractivity contribution in [2.75, 3.05) is 11.9 Å². The molecule has 1 aromatic heterocycles. The van der Waals surface area contributed by atoms with Crippen LogP contribution in [0.2, 0.25) is 0 Å². The van der Waals surface area contributed by atoms with E-state index >= 15 is 0 Å². The summed E-state index contributed by atoms with van der Waals surface area (Å²) in [5, 5.41) is 10.9. The summed E-state index contributed by atoms with van der Waals surface area (Å²) >= 11 is 0. The summed E-state index contributed by atoms with van der Waals surface area (Å²) in [6.45, 7) is 0.240. The number of nitrogens with zero attached hydrogens (tertiary/aromatic N) is 3. The van der Waals surface area contributed by atoms with Crippen LogP contribution in [0.25, 0.3) is 0 Å². The maximum Gasteiger partial charge on any atom is 0.223 e. The van der Waals surface area contributed by atoms with Gasteiger partial charge in [-0.1, -0.05) is 0 Å². The first-order valence-electron chi connectivity index (χ1n) is 2.81. The van der Waals surface area contributed by atoms with Crippen LogP contribution in [0.15, 0.2) is 18.5 Å². The topological polar surface area (TPSA) is 61.6 Å². The molecule has 0 aliphatic heterocycles. The Morgan fingerprint density at radius 2 is 2.20 bits per heavy atom. The minimum absolute atomic E-state index is 0.240. The summed E-state index contributed by atoms with van der Waals surface area (Å²) < 4.78 is 0. The van der Waals surface area contributed by atoms with Crippen LogP contribution in [0, 0.1) is 11.3 Å². The zero-order valence-corrected chi connectivity index (χ0v) is 5.28. The van der Waals surface area contributed by atoms with Crippen molar-refractivity contribution in [1.29, 1.82) is 5.26 Å². The second kappa shape index (κ2) is 3.41. The Kier molecular flexibility index (Phi) is 2.21. The zero-order valence-electron chi connectivity index (χ0n) is 5.28. The number of rotatable bonds is 2. The van der Waals surface area contributed by atoms with Gasteiger partial charge in [0.05, 0.1) is 6.07 Å². The highest BCUT2D eigenvalue weighted by Crippen LogP contribution is 1.90. The zero-order chi connectivity index (χ0) is 7.23. The van der Waals surface area contributed by atoms with Crippen LogP contribution >= 0.6 is 0 Å². The normalized spacial score (nSPS) is 8.30. The lowest BCUT2D eigenvalue weighted by Crippen LogP contribution is -2.01. The molecule has 0 unspecified atom stereocenters. The molecule has 1 aromatic rings. The van der Waals surface area contributed by atoms with Gasteiger partial charge < -0.3 is 5.32 Å². The van der Waals surface area contributed by atoms with Gasteiger partial charge in [0.25, 0.3) is 0 Å². The van der Waals surface area contributed by atoms with Crippen molar-refractivity contribution < 1.29 is 0 Å². The van der Waals surface area contributed by atoms with E-state index in [0.29, 0.717) is 5.95 Å². The molecule has 0 aromatic carbocycles. The fourth-order valence-electron chi connectivity index (χ4n) is 0.509. The Morgan fingerprint density at radius 1 is 1.50 bits per heavy atom. The van der Waals surface area contributed by atoms with E-state index in [4.69, 9.17) is 5.26 Å². The predicted octanol–water partition coefficient (Wildman–Crippen LogP) is 0.412. The molecule has 0 saturated carbocycles. The van der Waals surface area contributed by atoms with Crippen molar-refractivity contribution in [1.82, 2.24) is 9.97 Å². The van der Waals surface area contributed by atoms with Crippen molar-refractivity contribution in [3.05, 3.63) is 18.5 Å². The standard InChI is InChI=1S/C6H6N4/c7-2-5-10-6-8-3-1-4-9-6/h1,3-4H,5H2,(H,8,9,10). The van der Waals surface area contributed by atoms with Crippen molar-refractivity contribution >= 4 is 5.95 Å². The highest BCUT2D eigenvalue weighted by molar-refractivity contribution is 5.23. The predicted molar refractivity (Wildman–Crippen MR) is 36.1 cm³/mol. The molecule has 0 amide bonds. The first kappa shape index (κ1) is 6.49. The number of nitriles is 1. The fraction of sp³-hybridized carbons (Fsp3) is 0.167. The minimum atomic E-state index is 0.240. The summed E-state index contributed by atoms with van der Waals surface area (Å²) in [4.78, 5) is 7.69. The first-order chi connectivity index (χ1) is 4.93. The van der Waals surface area contributed by atoms with Gasteiger partial charge in [-0.2, -0.15) is 5.26 Å². The Morgan fingerprint density at radius 3 is 2.80 bits per heavy atom.